The molecule has 0 amide bonds. The molecule has 0 fully saturated rings. The normalized spacial score (nSPS) is 11.0. The first-order valence-electron chi connectivity index (χ1n) is 13.6. The SMILES string of the molecule is C=c1ccc(=C(c2ccc(N(CC)CC)cc2)c2ccc(N(CC)CC)cc2)c2cccc(N(C)C)c12. The van der Waals surface area contributed by atoms with E-state index in [0.717, 1.165) is 31.4 Å². The fourth-order valence-electron chi connectivity index (χ4n) is 5.38. The first-order chi connectivity index (χ1) is 17.9. The molecule has 0 aromatic heterocycles. The maximum absolute atomic E-state index is 4.39. The van der Waals surface area contributed by atoms with Crippen molar-refractivity contribution in [1.82, 2.24) is 0 Å². The van der Waals surface area contributed by atoms with Gasteiger partial charge in [-0.15, -0.1) is 0 Å². The number of fused-ring (bicyclic) bond motifs is 1. The Morgan fingerprint density at radius 2 is 1.11 bits per heavy atom. The van der Waals surface area contributed by atoms with Crippen LogP contribution in [0, 0.1) is 0 Å². The lowest BCUT2D eigenvalue weighted by atomic mass is 9.92. The highest BCUT2D eigenvalue weighted by molar-refractivity contribution is 5.98. The van der Waals surface area contributed by atoms with Crippen molar-refractivity contribution >= 4 is 40.0 Å². The van der Waals surface area contributed by atoms with E-state index in [-0.39, 0.29) is 0 Å². The van der Waals surface area contributed by atoms with E-state index >= 15 is 0 Å². The second-order valence-corrected chi connectivity index (χ2v) is 9.68. The Balaban J connectivity index is 2.03. The van der Waals surface area contributed by atoms with Crippen LogP contribution in [0.5, 0.6) is 0 Å². The molecule has 0 radical (unpaired) electrons. The third-order valence-corrected chi connectivity index (χ3v) is 7.43. The Bertz CT molecular complexity index is 1380. The fraction of sp³-hybridized carbons (Fsp3) is 0.294. The highest BCUT2D eigenvalue weighted by Gasteiger charge is 2.13. The zero-order valence-corrected chi connectivity index (χ0v) is 23.4. The van der Waals surface area contributed by atoms with Crippen molar-refractivity contribution < 1.29 is 0 Å². The van der Waals surface area contributed by atoms with E-state index in [1.54, 1.807) is 0 Å². The second kappa shape index (κ2) is 11.6. The molecule has 0 aliphatic carbocycles. The minimum Gasteiger partial charge on any atom is -0.377 e. The van der Waals surface area contributed by atoms with Crippen LogP contribution in [0.25, 0.3) is 22.9 Å². The van der Waals surface area contributed by atoms with E-state index in [2.05, 4.69) is 142 Å². The van der Waals surface area contributed by atoms with Gasteiger partial charge in [0.1, 0.15) is 0 Å². The quantitative estimate of drug-likeness (QED) is 0.274. The van der Waals surface area contributed by atoms with E-state index in [9.17, 15) is 0 Å². The number of benzene rings is 4. The van der Waals surface area contributed by atoms with Crippen molar-refractivity contribution in [2.24, 2.45) is 0 Å². The van der Waals surface area contributed by atoms with Gasteiger partial charge in [0.15, 0.2) is 0 Å². The van der Waals surface area contributed by atoms with Crippen LogP contribution in [0.4, 0.5) is 17.1 Å². The number of nitrogens with zero attached hydrogens (tertiary/aromatic N) is 3. The molecule has 0 saturated heterocycles. The highest BCUT2D eigenvalue weighted by atomic mass is 15.1. The lowest BCUT2D eigenvalue weighted by molar-refractivity contribution is 0.866. The molecule has 0 aliphatic heterocycles. The van der Waals surface area contributed by atoms with Gasteiger partial charge in [-0.05, 0) is 90.6 Å². The van der Waals surface area contributed by atoms with Crippen molar-refractivity contribution in [2.45, 2.75) is 27.7 Å². The summed E-state index contributed by atoms with van der Waals surface area (Å²) in [6.07, 6.45) is 0. The summed E-state index contributed by atoms with van der Waals surface area (Å²) in [6, 6.07) is 29.1. The van der Waals surface area contributed by atoms with Crippen LogP contribution in [-0.4, -0.2) is 40.3 Å². The van der Waals surface area contributed by atoms with E-state index < -0.39 is 0 Å². The number of hydrogen-bond donors (Lipinski definition) is 0. The van der Waals surface area contributed by atoms with E-state index in [0.29, 0.717) is 0 Å². The van der Waals surface area contributed by atoms with Crippen LogP contribution in [-0.2, 0) is 0 Å². The molecule has 37 heavy (non-hydrogen) atoms. The molecule has 3 heteroatoms. The second-order valence-electron chi connectivity index (χ2n) is 9.68. The van der Waals surface area contributed by atoms with Gasteiger partial charge >= 0.3 is 0 Å². The molecule has 0 heterocycles. The Kier molecular flexibility index (Phi) is 8.23. The third kappa shape index (κ3) is 5.22. The summed E-state index contributed by atoms with van der Waals surface area (Å²) in [5.74, 6) is 0. The van der Waals surface area contributed by atoms with Crippen molar-refractivity contribution in [3.63, 3.8) is 0 Å². The van der Waals surface area contributed by atoms with Crippen LogP contribution >= 0.6 is 0 Å². The van der Waals surface area contributed by atoms with Gasteiger partial charge in [-0.3, -0.25) is 0 Å². The van der Waals surface area contributed by atoms with Gasteiger partial charge in [0.25, 0.3) is 0 Å². The summed E-state index contributed by atoms with van der Waals surface area (Å²) < 4.78 is 0. The lowest BCUT2D eigenvalue weighted by Gasteiger charge is -2.22. The molecule has 4 aromatic carbocycles. The lowest BCUT2D eigenvalue weighted by Crippen LogP contribution is -2.22. The number of hydrogen-bond acceptors (Lipinski definition) is 3. The number of rotatable bonds is 9. The van der Waals surface area contributed by atoms with Crippen LogP contribution in [0.3, 0.4) is 0 Å². The summed E-state index contributed by atoms with van der Waals surface area (Å²) in [4.78, 5) is 6.95. The summed E-state index contributed by atoms with van der Waals surface area (Å²) in [7, 11) is 4.20. The molecule has 0 bridgehead atoms. The summed E-state index contributed by atoms with van der Waals surface area (Å²) in [5.41, 5.74) is 7.41. The summed E-state index contributed by atoms with van der Waals surface area (Å²) in [5, 5.41) is 4.73. The predicted molar refractivity (Wildman–Crippen MR) is 165 cm³/mol. The Morgan fingerprint density at radius 3 is 1.54 bits per heavy atom. The van der Waals surface area contributed by atoms with E-state index in [1.807, 2.05) is 0 Å². The van der Waals surface area contributed by atoms with Crippen molar-refractivity contribution in [3.05, 3.63) is 100 Å². The molecular formula is C34H41N3. The Morgan fingerprint density at radius 1 is 0.622 bits per heavy atom. The van der Waals surface area contributed by atoms with Crippen LogP contribution in [0.2, 0.25) is 0 Å². The maximum Gasteiger partial charge on any atom is 0.0446 e. The Hall–Kier alpha value is -3.72. The average molecular weight is 492 g/mol. The average Bonchev–Trinajstić information content (AvgIpc) is 2.92. The van der Waals surface area contributed by atoms with Gasteiger partial charge in [-0.25, -0.2) is 0 Å². The first kappa shape index (κ1) is 26.3. The van der Waals surface area contributed by atoms with E-state index in [4.69, 9.17) is 0 Å². The molecule has 0 atom stereocenters. The third-order valence-electron chi connectivity index (χ3n) is 7.43. The summed E-state index contributed by atoms with van der Waals surface area (Å²) >= 11 is 0. The van der Waals surface area contributed by atoms with Crippen LogP contribution in [0.15, 0.2) is 78.9 Å². The van der Waals surface area contributed by atoms with E-state index in [1.165, 1.54) is 49.8 Å². The standard InChI is InChI=1S/C34H41N3/c1-8-36(9-2)28-20-16-26(17-21-28)34(27-18-22-29(23-19-27)37(10-3)11-4)31-24-15-25(5)33-30(31)13-12-14-32(33)35(6)7/h12-24H,5,8-11H2,1-4,6-7H3. The van der Waals surface area contributed by atoms with Crippen LogP contribution < -0.4 is 25.1 Å². The predicted octanol–water partition coefficient (Wildman–Crippen LogP) is 6.26. The van der Waals surface area contributed by atoms with Gasteiger partial charge in [-0.2, -0.15) is 0 Å². The largest absolute Gasteiger partial charge is 0.377 e. The molecule has 4 rings (SSSR count). The zero-order valence-electron chi connectivity index (χ0n) is 23.4. The molecule has 3 nitrogen and oxygen atoms in total. The minimum atomic E-state index is 1.00. The number of anilines is 3. The monoisotopic (exact) mass is 491 g/mol. The molecule has 0 saturated carbocycles. The van der Waals surface area contributed by atoms with Gasteiger partial charge in [-0.1, -0.05) is 55.1 Å². The van der Waals surface area contributed by atoms with Gasteiger partial charge in [0, 0.05) is 62.7 Å². The molecule has 0 N–H and O–H groups in total. The Labute approximate surface area is 223 Å². The zero-order chi connectivity index (χ0) is 26.5. The fourth-order valence-corrected chi connectivity index (χ4v) is 5.38. The minimum absolute atomic E-state index is 1.00. The summed E-state index contributed by atoms with van der Waals surface area (Å²) in [6.45, 7) is 17.2. The topological polar surface area (TPSA) is 9.72 Å². The smallest absolute Gasteiger partial charge is 0.0446 e. The first-order valence-corrected chi connectivity index (χ1v) is 13.6. The molecule has 4 aromatic rings. The van der Waals surface area contributed by atoms with Gasteiger partial charge in [0.2, 0.25) is 0 Å². The molecule has 0 unspecified atom stereocenters. The molecular weight excluding hydrogens is 450 g/mol. The van der Waals surface area contributed by atoms with Gasteiger partial charge in [0.05, 0.1) is 0 Å². The molecule has 192 valence electrons. The van der Waals surface area contributed by atoms with Crippen molar-refractivity contribution in [2.75, 3.05) is 55.0 Å². The van der Waals surface area contributed by atoms with Gasteiger partial charge < -0.3 is 14.7 Å². The molecule has 0 aliphatic rings. The molecule has 0 spiro atoms. The van der Waals surface area contributed by atoms with Crippen molar-refractivity contribution in [3.8, 4) is 0 Å². The maximum atomic E-state index is 4.39. The van der Waals surface area contributed by atoms with Crippen molar-refractivity contribution in [1.29, 1.82) is 0 Å². The highest BCUT2D eigenvalue weighted by Crippen LogP contribution is 2.28. The van der Waals surface area contributed by atoms with Crippen LogP contribution in [0.1, 0.15) is 38.8 Å².